The van der Waals surface area contributed by atoms with E-state index in [1.807, 2.05) is 25.7 Å². The molecule has 1 heterocycles. The number of morpholine rings is 1. The molecular weight excluding hydrogens is 281 g/mol. The van der Waals surface area contributed by atoms with E-state index >= 15 is 0 Å². The van der Waals surface area contributed by atoms with Gasteiger partial charge in [-0.1, -0.05) is 0 Å². The smallest absolute Gasteiger partial charge is 0.161 e. The van der Waals surface area contributed by atoms with E-state index in [1.54, 1.807) is 0 Å². The van der Waals surface area contributed by atoms with Crippen LogP contribution in [0, 0.1) is 17.5 Å². The zero-order valence-corrected chi connectivity index (χ0v) is 12.5. The average Bonchev–Trinajstić information content (AvgIpc) is 2.34. The number of hydrogen-bond acceptors (Lipinski definition) is 3. The molecule has 1 aliphatic heterocycles. The summed E-state index contributed by atoms with van der Waals surface area (Å²) in [6, 6.07) is 0.961. The highest BCUT2D eigenvalue weighted by Gasteiger charge is 2.35. The van der Waals surface area contributed by atoms with Crippen LogP contribution in [0.15, 0.2) is 12.1 Å². The molecule has 0 saturated carbocycles. The Balaban J connectivity index is 2.33. The minimum absolute atomic E-state index is 0.0452. The second-order valence-corrected chi connectivity index (χ2v) is 6.16. The number of hydrogen-bond donors (Lipinski definition) is 1. The van der Waals surface area contributed by atoms with E-state index in [2.05, 4.69) is 0 Å². The van der Waals surface area contributed by atoms with Crippen molar-refractivity contribution in [2.45, 2.75) is 38.5 Å². The molecule has 1 aromatic rings. The van der Waals surface area contributed by atoms with Crippen LogP contribution in [0.2, 0.25) is 0 Å². The van der Waals surface area contributed by atoms with Crippen molar-refractivity contribution in [3.8, 4) is 0 Å². The molecule has 2 N–H and O–H groups in total. The molecule has 118 valence electrons. The van der Waals surface area contributed by atoms with E-state index in [-0.39, 0.29) is 18.2 Å². The number of halogens is 3. The van der Waals surface area contributed by atoms with E-state index in [0.29, 0.717) is 19.2 Å². The fourth-order valence-electron chi connectivity index (χ4n) is 3.01. The number of nitrogens with two attached hydrogens (primary N) is 1. The highest BCUT2D eigenvalue weighted by Crippen LogP contribution is 2.30. The Kier molecular flexibility index (Phi) is 4.60. The van der Waals surface area contributed by atoms with Gasteiger partial charge in [0.25, 0.3) is 0 Å². The van der Waals surface area contributed by atoms with Crippen molar-refractivity contribution >= 4 is 0 Å². The molecule has 1 aromatic carbocycles. The molecule has 1 fully saturated rings. The molecule has 21 heavy (non-hydrogen) atoms. The predicted molar refractivity (Wildman–Crippen MR) is 74.3 cm³/mol. The predicted octanol–water partition coefficient (Wildman–Crippen LogP) is 2.60. The van der Waals surface area contributed by atoms with Gasteiger partial charge in [-0.15, -0.1) is 0 Å². The van der Waals surface area contributed by atoms with Gasteiger partial charge in [-0.2, -0.15) is 0 Å². The first kappa shape index (κ1) is 16.3. The maximum Gasteiger partial charge on any atom is 0.161 e. The highest BCUT2D eigenvalue weighted by molar-refractivity contribution is 5.24. The normalized spacial score (nSPS) is 24.0. The summed E-state index contributed by atoms with van der Waals surface area (Å²) < 4.78 is 46.3. The van der Waals surface area contributed by atoms with Gasteiger partial charge >= 0.3 is 0 Å². The van der Waals surface area contributed by atoms with Gasteiger partial charge in [0.05, 0.1) is 17.7 Å². The van der Waals surface area contributed by atoms with Crippen LogP contribution in [0.4, 0.5) is 13.2 Å². The fourth-order valence-corrected chi connectivity index (χ4v) is 3.01. The first-order valence-electron chi connectivity index (χ1n) is 7.00. The van der Waals surface area contributed by atoms with E-state index in [1.165, 1.54) is 0 Å². The van der Waals surface area contributed by atoms with Crippen molar-refractivity contribution in [2.24, 2.45) is 5.73 Å². The molecule has 3 nitrogen and oxygen atoms in total. The van der Waals surface area contributed by atoms with Crippen molar-refractivity contribution in [3.05, 3.63) is 35.1 Å². The highest BCUT2D eigenvalue weighted by atomic mass is 19.2. The van der Waals surface area contributed by atoms with Crippen LogP contribution in [0.1, 0.15) is 32.4 Å². The van der Waals surface area contributed by atoms with Gasteiger partial charge in [-0.05, 0) is 26.8 Å². The maximum atomic E-state index is 14.0. The molecule has 6 heteroatoms. The van der Waals surface area contributed by atoms with Gasteiger partial charge in [0.15, 0.2) is 11.6 Å². The van der Waals surface area contributed by atoms with Gasteiger partial charge in [0.1, 0.15) is 5.82 Å². The lowest BCUT2D eigenvalue weighted by Gasteiger charge is -2.45. The van der Waals surface area contributed by atoms with Crippen LogP contribution in [0.3, 0.4) is 0 Å². The number of rotatable bonds is 3. The van der Waals surface area contributed by atoms with Crippen LogP contribution >= 0.6 is 0 Å². The molecule has 1 saturated heterocycles. The molecule has 0 radical (unpaired) electrons. The van der Waals surface area contributed by atoms with Gasteiger partial charge in [0.2, 0.25) is 0 Å². The van der Waals surface area contributed by atoms with E-state index in [0.717, 1.165) is 6.07 Å². The number of nitrogens with zero attached hydrogens (tertiary/aromatic N) is 1. The molecule has 2 rings (SSSR count). The van der Waals surface area contributed by atoms with Crippen LogP contribution in [-0.2, 0) is 4.74 Å². The standard InChI is InChI=1S/C15H21F3N2O/c1-9-7-20(8-15(2,3)21-9)14(6-19)10-4-12(17)13(18)5-11(10)16/h4-5,9,14H,6-8,19H2,1-3H3. The molecule has 0 bridgehead atoms. The Bertz CT molecular complexity index is 522. The summed E-state index contributed by atoms with van der Waals surface area (Å²) in [6.07, 6.45) is -0.0452. The SMILES string of the molecule is CC1CN(C(CN)c2cc(F)c(F)cc2F)CC(C)(C)O1. The minimum atomic E-state index is -1.19. The van der Waals surface area contributed by atoms with Crippen molar-refractivity contribution in [3.63, 3.8) is 0 Å². The van der Waals surface area contributed by atoms with Crippen LogP contribution < -0.4 is 5.73 Å². The van der Waals surface area contributed by atoms with Crippen molar-refractivity contribution < 1.29 is 17.9 Å². The Hall–Kier alpha value is -1.11. The molecule has 0 aliphatic carbocycles. The molecule has 0 amide bonds. The Morgan fingerprint density at radius 1 is 1.29 bits per heavy atom. The molecule has 2 atom stereocenters. The maximum absolute atomic E-state index is 14.0. The summed E-state index contributed by atoms with van der Waals surface area (Å²) in [4.78, 5) is 1.96. The average molecular weight is 302 g/mol. The minimum Gasteiger partial charge on any atom is -0.370 e. The summed E-state index contributed by atoms with van der Waals surface area (Å²) in [5.41, 5.74) is 5.44. The number of benzene rings is 1. The molecule has 1 aliphatic rings. The monoisotopic (exact) mass is 302 g/mol. The van der Waals surface area contributed by atoms with Crippen molar-refractivity contribution in [1.82, 2.24) is 4.90 Å². The lowest BCUT2D eigenvalue weighted by molar-refractivity contribution is -0.138. The lowest BCUT2D eigenvalue weighted by Crippen LogP contribution is -2.54. The first-order chi connectivity index (χ1) is 9.73. The first-order valence-corrected chi connectivity index (χ1v) is 7.00. The topological polar surface area (TPSA) is 38.5 Å². The third kappa shape index (κ3) is 3.56. The molecular formula is C15H21F3N2O. The van der Waals surface area contributed by atoms with Crippen molar-refractivity contribution in [1.29, 1.82) is 0 Å². The van der Waals surface area contributed by atoms with E-state index in [9.17, 15) is 13.2 Å². The zero-order valence-electron chi connectivity index (χ0n) is 12.5. The zero-order chi connectivity index (χ0) is 15.8. The third-order valence-electron chi connectivity index (χ3n) is 3.66. The van der Waals surface area contributed by atoms with Crippen LogP contribution in [0.5, 0.6) is 0 Å². The quantitative estimate of drug-likeness (QED) is 0.872. The summed E-state index contributed by atoms with van der Waals surface area (Å²) in [5, 5.41) is 0. The number of ether oxygens (including phenoxy) is 1. The Labute approximate surface area is 122 Å². The summed E-state index contributed by atoms with van der Waals surface area (Å²) in [6.45, 7) is 7.00. The van der Waals surface area contributed by atoms with Crippen LogP contribution in [0.25, 0.3) is 0 Å². The summed E-state index contributed by atoms with van der Waals surface area (Å²) in [5.74, 6) is -3.03. The van der Waals surface area contributed by atoms with Gasteiger partial charge < -0.3 is 10.5 Å². The second kappa shape index (κ2) is 5.94. The van der Waals surface area contributed by atoms with Gasteiger partial charge in [-0.25, -0.2) is 13.2 Å². The third-order valence-corrected chi connectivity index (χ3v) is 3.66. The Morgan fingerprint density at radius 3 is 2.48 bits per heavy atom. The fraction of sp³-hybridized carbons (Fsp3) is 0.600. The molecule has 0 aromatic heterocycles. The molecule has 2 unspecified atom stereocenters. The lowest BCUT2D eigenvalue weighted by atomic mass is 9.98. The van der Waals surface area contributed by atoms with Gasteiger partial charge in [0, 0.05) is 31.3 Å². The van der Waals surface area contributed by atoms with E-state index < -0.39 is 29.1 Å². The largest absolute Gasteiger partial charge is 0.370 e. The Morgan fingerprint density at radius 2 is 1.90 bits per heavy atom. The summed E-state index contributed by atoms with van der Waals surface area (Å²) >= 11 is 0. The van der Waals surface area contributed by atoms with Crippen molar-refractivity contribution in [2.75, 3.05) is 19.6 Å². The second-order valence-electron chi connectivity index (χ2n) is 6.16. The van der Waals surface area contributed by atoms with Gasteiger partial charge in [-0.3, -0.25) is 4.90 Å². The summed E-state index contributed by atoms with van der Waals surface area (Å²) in [7, 11) is 0. The van der Waals surface area contributed by atoms with Crippen LogP contribution in [-0.4, -0.2) is 36.2 Å². The molecule has 0 spiro atoms. The van der Waals surface area contributed by atoms with E-state index in [4.69, 9.17) is 10.5 Å².